The fourth-order valence-corrected chi connectivity index (χ4v) is 3.68. The van der Waals surface area contributed by atoms with E-state index in [2.05, 4.69) is 28.1 Å². The summed E-state index contributed by atoms with van der Waals surface area (Å²) < 4.78 is 6.22. The first-order valence-electron chi connectivity index (χ1n) is 6.68. The predicted octanol–water partition coefficient (Wildman–Crippen LogP) is 5.71. The highest BCUT2D eigenvalue weighted by atomic mass is 79.9. The van der Waals surface area contributed by atoms with Gasteiger partial charge in [-0.15, -0.1) is 11.6 Å². The van der Waals surface area contributed by atoms with Crippen molar-refractivity contribution in [1.82, 2.24) is 0 Å². The molecule has 0 saturated heterocycles. The van der Waals surface area contributed by atoms with Gasteiger partial charge in [0.15, 0.2) is 0 Å². The zero-order chi connectivity index (χ0) is 13.0. The van der Waals surface area contributed by atoms with Crippen molar-refractivity contribution in [2.75, 3.05) is 7.11 Å². The van der Waals surface area contributed by atoms with Gasteiger partial charge in [0.05, 0.1) is 17.0 Å². The standard InChI is InChI=1S/C15H20BrClO/c1-18-15-8-7-12(10-13(15)16)14(17)9-11-5-3-2-4-6-11/h7-8,10-11,14H,2-6,9H2,1H3. The Hall–Kier alpha value is -0.210. The van der Waals surface area contributed by atoms with E-state index in [9.17, 15) is 0 Å². The second-order valence-electron chi connectivity index (χ2n) is 5.10. The molecule has 1 saturated carbocycles. The Morgan fingerprint density at radius 2 is 2.06 bits per heavy atom. The van der Waals surface area contributed by atoms with Crippen molar-refractivity contribution in [3.63, 3.8) is 0 Å². The van der Waals surface area contributed by atoms with Crippen molar-refractivity contribution in [3.8, 4) is 5.75 Å². The molecule has 1 aliphatic rings. The second-order valence-corrected chi connectivity index (χ2v) is 6.48. The van der Waals surface area contributed by atoms with E-state index in [1.54, 1.807) is 7.11 Å². The van der Waals surface area contributed by atoms with Crippen LogP contribution in [0, 0.1) is 5.92 Å². The summed E-state index contributed by atoms with van der Waals surface area (Å²) in [6.07, 6.45) is 7.94. The lowest BCUT2D eigenvalue weighted by Crippen LogP contribution is -2.08. The van der Waals surface area contributed by atoms with Crippen LogP contribution >= 0.6 is 27.5 Å². The normalized spacial score (nSPS) is 18.6. The van der Waals surface area contributed by atoms with Crippen LogP contribution < -0.4 is 4.74 Å². The van der Waals surface area contributed by atoms with Gasteiger partial charge >= 0.3 is 0 Å². The maximum absolute atomic E-state index is 6.55. The lowest BCUT2D eigenvalue weighted by atomic mass is 9.85. The van der Waals surface area contributed by atoms with Crippen LogP contribution in [-0.2, 0) is 0 Å². The predicted molar refractivity (Wildman–Crippen MR) is 80.5 cm³/mol. The first-order valence-corrected chi connectivity index (χ1v) is 7.91. The van der Waals surface area contributed by atoms with E-state index in [-0.39, 0.29) is 5.38 Å². The number of rotatable bonds is 4. The molecule has 1 aromatic carbocycles. The van der Waals surface area contributed by atoms with Gasteiger partial charge in [0.1, 0.15) is 5.75 Å². The number of halogens is 2. The summed E-state index contributed by atoms with van der Waals surface area (Å²) in [4.78, 5) is 0. The van der Waals surface area contributed by atoms with Gasteiger partial charge in [-0.3, -0.25) is 0 Å². The second kappa shape index (κ2) is 6.81. The summed E-state index contributed by atoms with van der Waals surface area (Å²) >= 11 is 10.1. The quantitative estimate of drug-likeness (QED) is 0.642. The number of ether oxygens (including phenoxy) is 1. The van der Waals surface area contributed by atoms with Crippen LogP contribution in [0.4, 0.5) is 0 Å². The molecule has 0 aliphatic heterocycles. The van der Waals surface area contributed by atoms with Gasteiger partial charge in [-0.1, -0.05) is 38.2 Å². The monoisotopic (exact) mass is 330 g/mol. The van der Waals surface area contributed by atoms with E-state index in [1.807, 2.05) is 6.07 Å². The molecule has 1 fully saturated rings. The topological polar surface area (TPSA) is 9.23 Å². The highest BCUT2D eigenvalue weighted by molar-refractivity contribution is 9.10. The van der Waals surface area contributed by atoms with Crippen molar-refractivity contribution in [1.29, 1.82) is 0 Å². The number of hydrogen-bond acceptors (Lipinski definition) is 1. The fraction of sp³-hybridized carbons (Fsp3) is 0.600. The number of benzene rings is 1. The summed E-state index contributed by atoms with van der Waals surface area (Å²) in [6, 6.07) is 6.14. The van der Waals surface area contributed by atoms with Crippen molar-refractivity contribution in [3.05, 3.63) is 28.2 Å². The SMILES string of the molecule is COc1ccc(C(Cl)CC2CCCCC2)cc1Br. The van der Waals surface area contributed by atoms with E-state index in [0.29, 0.717) is 0 Å². The maximum atomic E-state index is 6.55. The van der Waals surface area contributed by atoms with Crippen LogP contribution in [0.3, 0.4) is 0 Å². The third-order valence-electron chi connectivity index (χ3n) is 3.80. The third kappa shape index (κ3) is 3.64. The number of alkyl halides is 1. The molecule has 0 aromatic heterocycles. The Balaban J connectivity index is 1.99. The average Bonchev–Trinajstić information content (AvgIpc) is 2.39. The van der Waals surface area contributed by atoms with Crippen LogP contribution in [0.2, 0.25) is 0 Å². The van der Waals surface area contributed by atoms with E-state index in [4.69, 9.17) is 16.3 Å². The van der Waals surface area contributed by atoms with E-state index >= 15 is 0 Å². The Kier molecular flexibility index (Phi) is 5.38. The molecule has 100 valence electrons. The summed E-state index contributed by atoms with van der Waals surface area (Å²) in [5.74, 6) is 1.67. The molecular formula is C15H20BrClO. The molecular weight excluding hydrogens is 312 g/mol. The first kappa shape index (κ1) is 14.2. The zero-order valence-electron chi connectivity index (χ0n) is 10.8. The molecule has 0 N–H and O–H groups in total. The first-order chi connectivity index (χ1) is 8.70. The van der Waals surface area contributed by atoms with Gasteiger partial charge in [0, 0.05) is 0 Å². The molecule has 1 aliphatic carbocycles. The fourth-order valence-electron chi connectivity index (χ4n) is 2.73. The van der Waals surface area contributed by atoms with Gasteiger partial charge in [0.2, 0.25) is 0 Å². The minimum atomic E-state index is 0.121. The van der Waals surface area contributed by atoms with E-state index < -0.39 is 0 Å². The molecule has 0 spiro atoms. The summed E-state index contributed by atoms with van der Waals surface area (Å²) in [5.41, 5.74) is 1.19. The van der Waals surface area contributed by atoms with Crippen molar-refractivity contribution >= 4 is 27.5 Å². The molecule has 1 aromatic rings. The van der Waals surface area contributed by atoms with Crippen LogP contribution in [0.1, 0.15) is 49.5 Å². The highest BCUT2D eigenvalue weighted by Gasteiger charge is 2.19. The minimum Gasteiger partial charge on any atom is -0.496 e. The summed E-state index contributed by atoms with van der Waals surface area (Å²) in [7, 11) is 1.68. The van der Waals surface area contributed by atoms with Gasteiger partial charge in [0.25, 0.3) is 0 Å². The van der Waals surface area contributed by atoms with Gasteiger partial charge in [-0.05, 0) is 46.0 Å². The van der Waals surface area contributed by atoms with Crippen molar-refractivity contribution in [2.24, 2.45) is 5.92 Å². The van der Waals surface area contributed by atoms with E-state index in [1.165, 1.54) is 37.7 Å². The van der Waals surface area contributed by atoms with Crippen LogP contribution in [0.5, 0.6) is 5.75 Å². The molecule has 0 heterocycles. The zero-order valence-corrected chi connectivity index (χ0v) is 13.1. The third-order valence-corrected chi connectivity index (χ3v) is 4.85. The smallest absolute Gasteiger partial charge is 0.133 e. The van der Waals surface area contributed by atoms with Crippen molar-refractivity contribution < 1.29 is 4.74 Å². The molecule has 0 radical (unpaired) electrons. The largest absolute Gasteiger partial charge is 0.496 e. The van der Waals surface area contributed by atoms with Crippen LogP contribution in [0.25, 0.3) is 0 Å². The Morgan fingerprint density at radius 3 is 2.67 bits per heavy atom. The lowest BCUT2D eigenvalue weighted by Gasteiger charge is -2.24. The molecule has 3 heteroatoms. The van der Waals surface area contributed by atoms with Gasteiger partial charge in [-0.25, -0.2) is 0 Å². The molecule has 1 atom stereocenters. The molecule has 18 heavy (non-hydrogen) atoms. The average molecular weight is 332 g/mol. The van der Waals surface area contributed by atoms with Crippen molar-refractivity contribution in [2.45, 2.75) is 43.9 Å². The van der Waals surface area contributed by atoms with E-state index in [0.717, 1.165) is 22.6 Å². The molecule has 1 nitrogen and oxygen atoms in total. The van der Waals surface area contributed by atoms with Crippen LogP contribution in [0.15, 0.2) is 22.7 Å². The van der Waals surface area contributed by atoms with Gasteiger partial charge in [-0.2, -0.15) is 0 Å². The molecule has 0 bridgehead atoms. The Morgan fingerprint density at radius 1 is 1.33 bits per heavy atom. The number of methoxy groups -OCH3 is 1. The maximum Gasteiger partial charge on any atom is 0.133 e. The summed E-state index contributed by atoms with van der Waals surface area (Å²) in [6.45, 7) is 0. The minimum absolute atomic E-state index is 0.121. The lowest BCUT2D eigenvalue weighted by molar-refractivity contribution is 0.336. The Labute approximate surface area is 123 Å². The summed E-state index contributed by atoms with van der Waals surface area (Å²) in [5, 5.41) is 0.121. The van der Waals surface area contributed by atoms with Crippen LogP contribution in [-0.4, -0.2) is 7.11 Å². The molecule has 1 unspecified atom stereocenters. The molecule has 2 rings (SSSR count). The highest BCUT2D eigenvalue weighted by Crippen LogP contribution is 2.37. The number of hydrogen-bond donors (Lipinski definition) is 0. The Bertz CT molecular complexity index is 388. The van der Waals surface area contributed by atoms with Gasteiger partial charge < -0.3 is 4.74 Å². The molecule has 0 amide bonds.